The Hall–Kier alpha value is -5.92. The highest BCUT2D eigenvalue weighted by Crippen LogP contribution is 2.44. The van der Waals surface area contributed by atoms with Gasteiger partial charge in [-0.1, -0.05) is 146 Å². The van der Waals surface area contributed by atoms with Crippen LogP contribution < -0.4 is 4.90 Å². The van der Waals surface area contributed by atoms with Crippen LogP contribution in [0.25, 0.3) is 65.0 Å². The van der Waals surface area contributed by atoms with E-state index in [0.717, 1.165) is 11.4 Å². The lowest BCUT2D eigenvalue weighted by molar-refractivity contribution is 1.31. The molecule has 1 nitrogen and oxygen atoms in total. The van der Waals surface area contributed by atoms with Crippen LogP contribution in [0.5, 0.6) is 0 Å². The third-order valence-corrected chi connectivity index (χ3v) is 9.18. The van der Waals surface area contributed by atoms with E-state index in [0.29, 0.717) is 0 Å². The van der Waals surface area contributed by atoms with Gasteiger partial charge < -0.3 is 4.90 Å². The SMILES string of the molecule is c1ccc(-c2cccc(N(c3ccc4ccc5c6ccccc6ccc5c4c3)c3cc4ccccc4c4ccccc34)c2)cc1. The third kappa shape index (κ3) is 4.24. The van der Waals surface area contributed by atoms with Gasteiger partial charge in [0.2, 0.25) is 0 Å². The molecule has 0 N–H and O–H groups in total. The number of benzene rings is 9. The van der Waals surface area contributed by atoms with Crippen LogP contribution in [0.1, 0.15) is 0 Å². The second kappa shape index (κ2) is 10.4. The van der Waals surface area contributed by atoms with Crippen LogP contribution in [0.2, 0.25) is 0 Å². The zero-order valence-corrected chi connectivity index (χ0v) is 24.7. The van der Waals surface area contributed by atoms with Gasteiger partial charge in [-0.3, -0.25) is 0 Å². The van der Waals surface area contributed by atoms with Crippen LogP contribution in [0.3, 0.4) is 0 Å². The molecule has 210 valence electrons. The van der Waals surface area contributed by atoms with Gasteiger partial charge >= 0.3 is 0 Å². The Balaban J connectivity index is 1.35. The molecule has 0 radical (unpaired) electrons. The van der Waals surface area contributed by atoms with Crippen LogP contribution in [-0.4, -0.2) is 0 Å². The maximum Gasteiger partial charge on any atom is 0.0546 e. The highest BCUT2D eigenvalue weighted by molar-refractivity contribution is 6.19. The minimum atomic E-state index is 1.13. The van der Waals surface area contributed by atoms with Crippen molar-refractivity contribution in [3.63, 3.8) is 0 Å². The van der Waals surface area contributed by atoms with Crippen molar-refractivity contribution < 1.29 is 0 Å². The molecule has 0 saturated carbocycles. The number of hydrogen-bond donors (Lipinski definition) is 0. The molecule has 0 unspecified atom stereocenters. The second-order valence-corrected chi connectivity index (χ2v) is 11.8. The van der Waals surface area contributed by atoms with E-state index in [1.807, 2.05) is 0 Å². The summed E-state index contributed by atoms with van der Waals surface area (Å²) in [6.07, 6.45) is 0. The molecule has 45 heavy (non-hydrogen) atoms. The van der Waals surface area contributed by atoms with E-state index in [9.17, 15) is 0 Å². The fraction of sp³-hybridized carbons (Fsp3) is 0. The van der Waals surface area contributed by atoms with E-state index >= 15 is 0 Å². The Morgan fingerprint density at radius 3 is 1.60 bits per heavy atom. The predicted molar refractivity (Wildman–Crippen MR) is 194 cm³/mol. The molecule has 9 rings (SSSR count). The average Bonchev–Trinajstić information content (AvgIpc) is 3.12. The van der Waals surface area contributed by atoms with Gasteiger partial charge in [-0.05, 0) is 89.9 Å². The van der Waals surface area contributed by atoms with Crippen molar-refractivity contribution in [1.82, 2.24) is 0 Å². The summed E-state index contributed by atoms with van der Waals surface area (Å²) in [5.74, 6) is 0. The van der Waals surface area contributed by atoms with Crippen molar-refractivity contribution in [2.45, 2.75) is 0 Å². The van der Waals surface area contributed by atoms with Crippen LogP contribution in [0, 0.1) is 0 Å². The first kappa shape index (κ1) is 25.6. The zero-order valence-electron chi connectivity index (χ0n) is 24.7. The van der Waals surface area contributed by atoms with Crippen molar-refractivity contribution in [3.05, 3.63) is 176 Å². The van der Waals surface area contributed by atoms with Crippen molar-refractivity contribution in [2.75, 3.05) is 4.90 Å². The van der Waals surface area contributed by atoms with Crippen LogP contribution >= 0.6 is 0 Å². The topological polar surface area (TPSA) is 3.24 Å². The number of nitrogens with zero attached hydrogens (tertiary/aromatic N) is 1. The van der Waals surface area contributed by atoms with Gasteiger partial charge in [0.05, 0.1) is 5.69 Å². The van der Waals surface area contributed by atoms with E-state index in [4.69, 9.17) is 0 Å². The highest BCUT2D eigenvalue weighted by atomic mass is 15.1. The smallest absolute Gasteiger partial charge is 0.0546 e. The molecule has 0 heterocycles. The molecule has 9 aromatic carbocycles. The standard InChI is InChI=1S/C44H29N/c1-2-11-30(12-3-1)33-15-10-16-35(27-33)45(44-28-34-14-5-7-18-38(34)39-19-8-9-20-42(39)44)36-24-21-32-23-25-40-37-17-6-4-13-31(37)22-26-41(40)43(32)29-36/h1-29H. The van der Waals surface area contributed by atoms with Gasteiger partial charge in [0.25, 0.3) is 0 Å². The third-order valence-electron chi connectivity index (χ3n) is 9.18. The summed E-state index contributed by atoms with van der Waals surface area (Å²) in [5, 5.41) is 12.6. The number of rotatable bonds is 4. The fourth-order valence-corrected chi connectivity index (χ4v) is 7.05. The predicted octanol–water partition coefficient (Wildman–Crippen LogP) is 12.6. The molecule has 0 amide bonds. The van der Waals surface area contributed by atoms with Gasteiger partial charge in [-0.2, -0.15) is 0 Å². The molecule has 0 aliphatic rings. The summed E-state index contributed by atoms with van der Waals surface area (Å²) >= 11 is 0. The molecule has 0 bridgehead atoms. The lowest BCUT2D eigenvalue weighted by Crippen LogP contribution is -2.11. The average molecular weight is 572 g/mol. The first-order valence-electron chi connectivity index (χ1n) is 15.5. The normalized spacial score (nSPS) is 11.6. The molecule has 0 aliphatic heterocycles. The van der Waals surface area contributed by atoms with Crippen molar-refractivity contribution >= 4 is 70.9 Å². The molecular weight excluding hydrogens is 542 g/mol. The Morgan fingerprint density at radius 2 is 0.800 bits per heavy atom. The lowest BCUT2D eigenvalue weighted by atomic mass is 9.96. The molecular formula is C44H29N. The van der Waals surface area contributed by atoms with E-state index in [1.54, 1.807) is 0 Å². The summed E-state index contributed by atoms with van der Waals surface area (Å²) in [6.45, 7) is 0. The van der Waals surface area contributed by atoms with Gasteiger partial charge in [0.1, 0.15) is 0 Å². The number of fused-ring (bicyclic) bond motifs is 8. The van der Waals surface area contributed by atoms with Gasteiger partial charge in [-0.15, -0.1) is 0 Å². The summed E-state index contributed by atoms with van der Waals surface area (Å²) < 4.78 is 0. The molecule has 9 aromatic rings. The Morgan fingerprint density at radius 1 is 0.267 bits per heavy atom. The summed E-state index contributed by atoms with van der Waals surface area (Å²) in [7, 11) is 0. The van der Waals surface area contributed by atoms with E-state index in [1.165, 1.54) is 70.7 Å². The van der Waals surface area contributed by atoms with Gasteiger partial charge in [-0.25, -0.2) is 0 Å². The van der Waals surface area contributed by atoms with Gasteiger partial charge in [0.15, 0.2) is 0 Å². The summed E-state index contributed by atoms with van der Waals surface area (Å²) in [5.41, 5.74) is 5.83. The maximum atomic E-state index is 2.44. The number of hydrogen-bond acceptors (Lipinski definition) is 1. The minimum Gasteiger partial charge on any atom is -0.310 e. The van der Waals surface area contributed by atoms with E-state index in [-0.39, 0.29) is 0 Å². The fourth-order valence-electron chi connectivity index (χ4n) is 7.05. The second-order valence-electron chi connectivity index (χ2n) is 11.8. The van der Waals surface area contributed by atoms with Crippen molar-refractivity contribution in [2.24, 2.45) is 0 Å². The molecule has 0 aromatic heterocycles. The molecule has 0 atom stereocenters. The van der Waals surface area contributed by atoms with Crippen molar-refractivity contribution in [3.8, 4) is 11.1 Å². The molecule has 0 saturated heterocycles. The minimum absolute atomic E-state index is 1.13. The molecule has 0 aliphatic carbocycles. The first-order valence-corrected chi connectivity index (χ1v) is 15.5. The van der Waals surface area contributed by atoms with E-state index in [2.05, 4.69) is 181 Å². The zero-order chi connectivity index (χ0) is 29.7. The molecule has 0 spiro atoms. The Kier molecular flexibility index (Phi) is 5.89. The van der Waals surface area contributed by atoms with E-state index < -0.39 is 0 Å². The first-order chi connectivity index (χ1) is 22.3. The largest absolute Gasteiger partial charge is 0.310 e. The summed E-state index contributed by atoms with van der Waals surface area (Å²) in [6, 6.07) is 64.1. The van der Waals surface area contributed by atoms with Crippen LogP contribution in [-0.2, 0) is 0 Å². The Labute approximate surface area is 262 Å². The van der Waals surface area contributed by atoms with Crippen molar-refractivity contribution in [1.29, 1.82) is 0 Å². The maximum absolute atomic E-state index is 2.44. The summed E-state index contributed by atoms with van der Waals surface area (Å²) in [4.78, 5) is 2.44. The van der Waals surface area contributed by atoms with Gasteiger partial charge in [0, 0.05) is 16.8 Å². The number of anilines is 3. The lowest BCUT2D eigenvalue weighted by Gasteiger charge is -2.28. The molecule has 1 heteroatoms. The van der Waals surface area contributed by atoms with Crippen LogP contribution in [0.15, 0.2) is 176 Å². The molecule has 0 fully saturated rings. The van der Waals surface area contributed by atoms with Crippen LogP contribution in [0.4, 0.5) is 17.1 Å². The quantitative estimate of drug-likeness (QED) is 0.190. The highest BCUT2D eigenvalue weighted by Gasteiger charge is 2.19. The monoisotopic (exact) mass is 571 g/mol. The Bertz CT molecular complexity index is 2550.